The molecule has 0 bridgehead atoms. The van der Waals surface area contributed by atoms with Gasteiger partial charge in [-0.15, -0.1) is 10.2 Å². The summed E-state index contributed by atoms with van der Waals surface area (Å²) in [6.07, 6.45) is -5.69. The number of rotatable bonds is 6. The van der Waals surface area contributed by atoms with Crippen LogP contribution in [0.1, 0.15) is 0 Å². The van der Waals surface area contributed by atoms with Gasteiger partial charge in [-0.3, -0.25) is 0 Å². The number of carbonyl (C=O) groups excluding carboxylic acids is 1. The lowest BCUT2D eigenvalue weighted by Crippen LogP contribution is -2.30. The van der Waals surface area contributed by atoms with E-state index < -0.39 is 18.9 Å². The second-order valence-electron chi connectivity index (χ2n) is 4.62. The number of carbonyl (C=O) groups is 1. The number of nitrogens with one attached hydrogen (secondary N) is 1. The van der Waals surface area contributed by atoms with Gasteiger partial charge in [-0.25, -0.2) is 9.47 Å². The maximum Gasteiger partial charge on any atom is 0.422 e. The highest BCUT2D eigenvalue weighted by atomic mass is 79.9. The SMILES string of the molecule is Nn1c(SCCNC(=O)OCC(F)(F)F)nnc1-c1ccccc1Br. The molecule has 0 saturated heterocycles. The Bertz CT molecular complexity index is 741. The van der Waals surface area contributed by atoms with Crippen LogP contribution in [0, 0.1) is 0 Å². The van der Waals surface area contributed by atoms with Crippen LogP contribution in [0.25, 0.3) is 11.4 Å². The van der Waals surface area contributed by atoms with E-state index in [1.165, 1.54) is 16.4 Å². The summed E-state index contributed by atoms with van der Waals surface area (Å²) in [6, 6.07) is 7.35. The lowest BCUT2D eigenvalue weighted by atomic mass is 10.2. The molecule has 7 nitrogen and oxygen atoms in total. The van der Waals surface area contributed by atoms with Gasteiger partial charge >= 0.3 is 12.3 Å². The molecule has 0 saturated carbocycles. The summed E-state index contributed by atoms with van der Waals surface area (Å²) in [5.41, 5.74) is 0.762. The third-order valence-corrected chi connectivity index (χ3v) is 4.39. The molecule has 12 heteroatoms. The van der Waals surface area contributed by atoms with Gasteiger partial charge in [-0.2, -0.15) is 13.2 Å². The summed E-state index contributed by atoms with van der Waals surface area (Å²) in [5.74, 6) is 6.73. The molecule has 0 atom stereocenters. The first-order valence-electron chi connectivity index (χ1n) is 6.83. The molecule has 0 aliphatic rings. The Labute approximate surface area is 153 Å². The fraction of sp³-hybridized carbons (Fsp3) is 0.308. The first-order chi connectivity index (χ1) is 11.8. The third-order valence-electron chi connectivity index (χ3n) is 2.75. The van der Waals surface area contributed by atoms with Crippen molar-refractivity contribution in [2.45, 2.75) is 11.3 Å². The van der Waals surface area contributed by atoms with Crippen molar-refractivity contribution in [3.63, 3.8) is 0 Å². The lowest BCUT2D eigenvalue weighted by Gasteiger charge is -2.09. The largest absolute Gasteiger partial charge is 0.440 e. The van der Waals surface area contributed by atoms with Gasteiger partial charge in [0.2, 0.25) is 5.16 Å². The molecule has 1 heterocycles. The Morgan fingerprint density at radius 2 is 2.08 bits per heavy atom. The Morgan fingerprint density at radius 3 is 2.76 bits per heavy atom. The minimum absolute atomic E-state index is 0.0819. The molecule has 1 amide bonds. The van der Waals surface area contributed by atoms with Crippen molar-refractivity contribution in [2.24, 2.45) is 0 Å². The predicted octanol–water partition coefficient (Wildman–Crippen LogP) is 2.80. The quantitative estimate of drug-likeness (QED) is 0.408. The molecule has 0 spiro atoms. The first kappa shape index (κ1) is 19.4. The molecule has 0 aliphatic heterocycles. The van der Waals surface area contributed by atoms with Gasteiger partial charge in [0, 0.05) is 22.3 Å². The second kappa shape index (κ2) is 8.43. The van der Waals surface area contributed by atoms with Crippen molar-refractivity contribution in [3.8, 4) is 11.4 Å². The average Bonchev–Trinajstić information content (AvgIpc) is 2.90. The maximum atomic E-state index is 11.9. The van der Waals surface area contributed by atoms with E-state index in [1.807, 2.05) is 24.3 Å². The minimum atomic E-state index is -4.55. The van der Waals surface area contributed by atoms with Crippen LogP contribution in [0.15, 0.2) is 33.9 Å². The third kappa shape index (κ3) is 5.81. The number of alkyl halides is 3. The molecular formula is C13H13BrF3N5O2S. The van der Waals surface area contributed by atoms with E-state index in [0.29, 0.717) is 16.7 Å². The average molecular weight is 440 g/mol. The summed E-state index contributed by atoms with van der Waals surface area (Å²) in [7, 11) is 0. The van der Waals surface area contributed by atoms with Crippen LogP contribution in [-0.4, -0.2) is 46.0 Å². The van der Waals surface area contributed by atoms with Gasteiger partial charge in [0.25, 0.3) is 0 Å². The van der Waals surface area contributed by atoms with Crippen molar-refractivity contribution in [2.75, 3.05) is 24.7 Å². The Kier molecular flexibility index (Phi) is 6.53. The standard InChI is InChI=1S/C13H13BrF3N5O2S/c14-9-4-2-1-3-8(9)10-20-21-11(22(10)18)25-6-5-19-12(23)24-7-13(15,16)17/h1-4H,5-7,18H2,(H,19,23). The zero-order chi connectivity index (χ0) is 18.4. The normalized spacial score (nSPS) is 11.4. The molecule has 25 heavy (non-hydrogen) atoms. The van der Waals surface area contributed by atoms with Gasteiger partial charge in [0.05, 0.1) is 0 Å². The van der Waals surface area contributed by atoms with E-state index in [2.05, 4.69) is 36.2 Å². The van der Waals surface area contributed by atoms with E-state index in [1.54, 1.807) is 0 Å². The highest BCUT2D eigenvalue weighted by molar-refractivity contribution is 9.10. The van der Waals surface area contributed by atoms with Crippen LogP contribution in [-0.2, 0) is 4.74 Å². The Balaban J connectivity index is 1.83. The molecule has 0 unspecified atom stereocenters. The topological polar surface area (TPSA) is 95.1 Å². The molecule has 0 radical (unpaired) electrons. The van der Waals surface area contributed by atoms with Crippen LogP contribution < -0.4 is 11.2 Å². The van der Waals surface area contributed by atoms with E-state index in [0.717, 1.165) is 10.0 Å². The van der Waals surface area contributed by atoms with Crippen molar-refractivity contribution < 1.29 is 22.7 Å². The number of ether oxygens (including phenoxy) is 1. The van der Waals surface area contributed by atoms with Crippen molar-refractivity contribution in [3.05, 3.63) is 28.7 Å². The Morgan fingerprint density at radius 1 is 1.36 bits per heavy atom. The highest BCUT2D eigenvalue weighted by Crippen LogP contribution is 2.27. The summed E-state index contributed by atoms with van der Waals surface area (Å²) < 4.78 is 41.8. The fourth-order valence-corrected chi connectivity index (χ4v) is 2.87. The van der Waals surface area contributed by atoms with Gasteiger partial charge in [0.1, 0.15) is 0 Å². The van der Waals surface area contributed by atoms with Crippen LogP contribution in [0.3, 0.4) is 0 Å². The molecule has 1 aromatic carbocycles. The lowest BCUT2D eigenvalue weighted by molar-refractivity contribution is -0.160. The van der Waals surface area contributed by atoms with Crippen molar-refractivity contribution >= 4 is 33.8 Å². The monoisotopic (exact) mass is 439 g/mol. The van der Waals surface area contributed by atoms with Gasteiger partial charge < -0.3 is 15.9 Å². The van der Waals surface area contributed by atoms with Crippen LogP contribution in [0.2, 0.25) is 0 Å². The second-order valence-corrected chi connectivity index (χ2v) is 6.54. The maximum absolute atomic E-state index is 11.9. The number of thioether (sulfide) groups is 1. The molecule has 3 N–H and O–H groups in total. The summed E-state index contributed by atoms with van der Waals surface area (Å²) >= 11 is 4.59. The van der Waals surface area contributed by atoms with Crippen molar-refractivity contribution in [1.29, 1.82) is 0 Å². The number of nitrogen functional groups attached to an aromatic ring is 1. The number of benzene rings is 1. The fourth-order valence-electron chi connectivity index (χ4n) is 1.70. The van der Waals surface area contributed by atoms with E-state index in [9.17, 15) is 18.0 Å². The van der Waals surface area contributed by atoms with E-state index in [-0.39, 0.29) is 6.54 Å². The molecule has 0 fully saturated rings. The molecule has 0 aliphatic carbocycles. The van der Waals surface area contributed by atoms with Crippen LogP contribution in [0.4, 0.5) is 18.0 Å². The number of hydrogen-bond donors (Lipinski definition) is 2. The smallest absolute Gasteiger partial charge is 0.422 e. The number of aromatic nitrogens is 3. The number of amides is 1. The van der Waals surface area contributed by atoms with E-state index >= 15 is 0 Å². The summed E-state index contributed by atoms with van der Waals surface area (Å²) in [4.78, 5) is 11.1. The zero-order valence-electron chi connectivity index (χ0n) is 12.6. The van der Waals surface area contributed by atoms with Gasteiger partial charge in [0.15, 0.2) is 12.4 Å². The summed E-state index contributed by atoms with van der Waals surface area (Å²) in [6.45, 7) is -1.54. The number of halogens is 4. The highest BCUT2D eigenvalue weighted by Gasteiger charge is 2.29. The summed E-state index contributed by atoms with van der Waals surface area (Å²) in [5, 5.41) is 10.6. The van der Waals surface area contributed by atoms with Crippen LogP contribution in [0.5, 0.6) is 0 Å². The number of nitrogens with two attached hydrogens (primary N) is 1. The molecule has 2 aromatic rings. The molecular weight excluding hydrogens is 427 g/mol. The van der Waals surface area contributed by atoms with Crippen molar-refractivity contribution in [1.82, 2.24) is 20.2 Å². The number of hydrogen-bond acceptors (Lipinski definition) is 6. The molecule has 136 valence electrons. The minimum Gasteiger partial charge on any atom is -0.440 e. The molecule has 1 aromatic heterocycles. The van der Waals surface area contributed by atoms with Crippen LogP contribution >= 0.6 is 27.7 Å². The Hall–Kier alpha value is -1.95. The van der Waals surface area contributed by atoms with Gasteiger partial charge in [-0.05, 0) is 12.1 Å². The number of nitrogens with zero attached hydrogens (tertiary/aromatic N) is 3. The predicted molar refractivity (Wildman–Crippen MR) is 89.4 cm³/mol. The van der Waals surface area contributed by atoms with Gasteiger partial charge in [-0.1, -0.05) is 39.8 Å². The zero-order valence-corrected chi connectivity index (χ0v) is 15.0. The molecule has 2 rings (SSSR count). The number of alkyl carbamates (subject to hydrolysis) is 1. The van der Waals surface area contributed by atoms with E-state index in [4.69, 9.17) is 5.84 Å². The first-order valence-corrected chi connectivity index (χ1v) is 8.61.